The van der Waals surface area contributed by atoms with Crippen molar-refractivity contribution < 1.29 is 14.6 Å². The zero-order valence-corrected chi connectivity index (χ0v) is 9.37. The number of hydrogen-bond acceptors (Lipinski definition) is 4. The van der Waals surface area contributed by atoms with Crippen molar-refractivity contribution in [2.45, 2.75) is 13.0 Å². The van der Waals surface area contributed by atoms with Crippen LogP contribution in [0.25, 0.3) is 0 Å². The van der Waals surface area contributed by atoms with Crippen LogP contribution in [0.1, 0.15) is 17.9 Å². The van der Waals surface area contributed by atoms with Gasteiger partial charge in [0.1, 0.15) is 12.0 Å². The molecule has 2 unspecified atom stereocenters. The third-order valence-corrected chi connectivity index (χ3v) is 2.93. The second kappa shape index (κ2) is 5.68. The maximum atomic E-state index is 11.5. The van der Waals surface area contributed by atoms with E-state index in [-0.39, 0.29) is 0 Å². The summed E-state index contributed by atoms with van der Waals surface area (Å²) in [4.78, 5) is 12.2. The van der Waals surface area contributed by atoms with Gasteiger partial charge in [0, 0.05) is 4.88 Å². The summed E-state index contributed by atoms with van der Waals surface area (Å²) in [5.74, 6) is -1.13. The van der Waals surface area contributed by atoms with Crippen LogP contribution in [0.3, 0.4) is 0 Å². The van der Waals surface area contributed by atoms with Gasteiger partial charge in [-0.25, -0.2) is 0 Å². The topological polar surface area (TPSA) is 46.5 Å². The molecular weight excluding hydrogens is 212 g/mol. The Balaban J connectivity index is 2.74. The molecule has 3 nitrogen and oxygen atoms in total. The first kappa shape index (κ1) is 11.9. The number of aliphatic hydroxyl groups is 1. The van der Waals surface area contributed by atoms with Gasteiger partial charge in [-0.3, -0.25) is 4.79 Å². The van der Waals surface area contributed by atoms with Crippen LogP contribution in [0.5, 0.6) is 0 Å². The van der Waals surface area contributed by atoms with E-state index in [1.807, 2.05) is 11.4 Å². The van der Waals surface area contributed by atoms with Crippen molar-refractivity contribution in [1.82, 2.24) is 0 Å². The highest BCUT2D eigenvalue weighted by Crippen LogP contribution is 2.27. The first-order valence-electron chi connectivity index (χ1n) is 4.71. The molecule has 0 aliphatic carbocycles. The first-order valence-corrected chi connectivity index (χ1v) is 5.59. The van der Waals surface area contributed by atoms with E-state index in [1.54, 1.807) is 13.0 Å². The van der Waals surface area contributed by atoms with Crippen LogP contribution in [-0.4, -0.2) is 17.7 Å². The van der Waals surface area contributed by atoms with Gasteiger partial charge < -0.3 is 9.84 Å². The molecule has 1 aromatic rings. The lowest BCUT2D eigenvalue weighted by atomic mass is 10.0. The van der Waals surface area contributed by atoms with E-state index < -0.39 is 18.0 Å². The lowest BCUT2D eigenvalue weighted by Crippen LogP contribution is -2.22. The molecule has 0 saturated heterocycles. The SMILES string of the molecule is C=CC(C(=O)OCC)C(O)c1cccs1. The molecule has 0 saturated carbocycles. The molecule has 15 heavy (non-hydrogen) atoms. The van der Waals surface area contributed by atoms with Gasteiger partial charge in [0.2, 0.25) is 0 Å². The Kier molecular flexibility index (Phi) is 4.52. The van der Waals surface area contributed by atoms with Crippen LogP contribution in [-0.2, 0) is 9.53 Å². The molecule has 0 aromatic carbocycles. The Bertz CT molecular complexity index is 319. The molecule has 82 valence electrons. The molecule has 0 spiro atoms. The minimum atomic E-state index is -0.860. The number of carbonyl (C=O) groups excluding carboxylic acids is 1. The largest absolute Gasteiger partial charge is 0.465 e. The zero-order chi connectivity index (χ0) is 11.3. The van der Waals surface area contributed by atoms with E-state index in [9.17, 15) is 9.90 Å². The Hall–Kier alpha value is -1.13. The molecule has 0 fully saturated rings. The van der Waals surface area contributed by atoms with E-state index in [1.165, 1.54) is 17.4 Å². The highest BCUT2D eigenvalue weighted by molar-refractivity contribution is 7.10. The fraction of sp³-hybridized carbons (Fsp3) is 0.364. The summed E-state index contributed by atoms with van der Waals surface area (Å²) in [6, 6.07) is 3.61. The van der Waals surface area contributed by atoms with Crippen LogP contribution in [0.4, 0.5) is 0 Å². The summed E-state index contributed by atoms with van der Waals surface area (Å²) in [6.07, 6.45) is 0.559. The Morgan fingerprint density at radius 3 is 3.00 bits per heavy atom. The summed E-state index contributed by atoms with van der Waals surface area (Å²) >= 11 is 1.40. The van der Waals surface area contributed by atoms with Crippen LogP contribution >= 0.6 is 11.3 Å². The fourth-order valence-electron chi connectivity index (χ4n) is 1.23. The Labute approximate surface area is 93.0 Å². The van der Waals surface area contributed by atoms with Crippen LogP contribution in [0.15, 0.2) is 30.2 Å². The molecule has 1 heterocycles. The number of rotatable bonds is 5. The minimum absolute atomic E-state index is 0.306. The standard InChI is InChI=1S/C11H14O3S/c1-3-8(11(13)14-4-2)10(12)9-6-5-7-15-9/h3,5-8,10,12H,1,4H2,2H3. The van der Waals surface area contributed by atoms with Crippen molar-refractivity contribution in [2.24, 2.45) is 5.92 Å². The summed E-state index contributed by atoms with van der Waals surface area (Å²) in [6.45, 7) is 5.58. The number of carbonyl (C=O) groups is 1. The van der Waals surface area contributed by atoms with Crippen molar-refractivity contribution in [3.8, 4) is 0 Å². The van der Waals surface area contributed by atoms with Crippen LogP contribution in [0.2, 0.25) is 0 Å². The third-order valence-electron chi connectivity index (χ3n) is 1.99. The smallest absolute Gasteiger partial charge is 0.315 e. The van der Waals surface area contributed by atoms with Crippen molar-refractivity contribution in [1.29, 1.82) is 0 Å². The van der Waals surface area contributed by atoms with Gasteiger partial charge in [0.15, 0.2) is 0 Å². The summed E-state index contributed by atoms with van der Waals surface area (Å²) in [5.41, 5.74) is 0. The minimum Gasteiger partial charge on any atom is -0.465 e. The molecule has 0 amide bonds. The normalized spacial score (nSPS) is 14.3. The average Bonchev–Trinajstić information content (AvgIpc) is 2.71. The molecule has 0 bridgehead atoms. The van der Waals surface area contributed by atoms with Gasteiger partial charge in [-0.1, -0.05) is 12.1 Å². The van der Waals surface area contributed by atoms with E-state index in [0.717, 1.165) is 4.88 Å². The van der Waals surface area contributed by atoms with Gasteiger partial charge >= 0.3 is 5.97 Å². The van der Waals surface area contributed by atoms with Gasteiger partial charge in [0.25, 0.3) is 0 Å². The lowest BCUT2D eigenvalue weighted by Gasteiger charge is -2.16. The molecular formula is C11H14O3S. The van der Waals surface area contributed by atoms with Crippen molar-refractivity contribution in [3.05, 3.63) is 35.0 Å². The predicted octanol–water partition coefficient (Wildman–Crippen LogP) is 2.15. The number of ether oxygens (including phenoxy) is 1. The molecule has 1 rings (SSSR count). The summed E-state index contributed by atoms with van der Waals surface area (Å²) < 4.78 is 4.85. The van der Waals surface area contributed by atoms with E-state index in [0.29, 0.717) is 6.61 Å². The van der Waals surface area contributed by atoms with Gasteiger partial charge in [-0.2, -0.15) is 0 Å². The Morgan fingerprint density at radius 2 is 2.53 bits per heavy atom. The van der Waals surface area contributed by atoms with E-state index in [4.69, 9.17) is 4.74 Å². The maximum absolute atomic E-state index is 11.5. The highest BCUT2D eigenvalue weighted by Gasteiger charge is 2.26. The van der Waals surface area contributed by atoms with E-state index >= 15 is 0 Å². The number of esters is 1. The lowest BCUT2D eigenvalue weighted by molar-refractivity contribution is -0.149. The Morgan fingerprint density at radius 1 is 1.80 bits per heavy atom. The van der Waals surface area contributed by atoms with Crippen molar-refractivity contribution >= 4 is 17.3 Å². The third kappa shape index (κ3) is 2.91. The predicted molar refractivity (Wildman–Crippen MR) is 59.6 cm³/mol. The molecule has 0 aliphatic heterocycles. The zero-order valence-electron chi connectivity index (χ0n) is 8.55. The van der Waals surface area contributed by atoms with E-state index in [2.05, 4.69) is 6.58 Å². The monoisotopic (exact) mass is 226 g/mol. The van der Waals surface area contributed by atoms with Gasteiger partial charge in [0.05, 0.1) is 6.61 Å². The fourth-order valence-corrected chi connectivity index (χ4v) is 1.99. The molecule has 0 radical (unpaired) electrons. The number of thiophene rings is 1. The quantitative estimate of drug-likeness (QED) is 0.618. The molecule has 2 atom stereocenters. The average molecular weight is 226 g/mol. The number of hydrogen-bond donors (Lipinski definition) is 1. The van der Waals surface area contributed by atoms with Gasteiger partial charge in [-0.05, 0) is 18.4 Å². The second-order valence-electron chi connectivity index (χ2n) is 2.97. The van der Waals surface area contributed by atoms with Crippen molar-refractivity contribution in [3.63, 3.8) is 0 Å². The second-order valence-corrected chi connectivity index (χ2v) is 3.95. The van der Waals surface area contributed by atoms with Gasteiger partial charge in [-0.15, -0.1) is 17.9 Å². The van der Waals surface area contributed by atoms with Crippen molar-refractivity contribution in [2.75, 3.05) is 6.61 Å². The molecule has 4 heteroatoms. The first-order chi connectivity index (χ1) is 7.20. The van der Waals surface area contributed by atoms with Crippen LogP contribution in [0, 0.1) is 5.92 Å². The molecule has 1 aromatic heterocycles. The maximum Gasteiger partial charge on any atom is 0.315 e. The van der Waals surface area contributed by atoms with Crippen LogP contribution < -0.4 is 0 Å². The summed E-state index contributed by atoms with van der Waals surface area (Å²) in [5, 5.41) is 11.8. The highest BCUT2D eigenvalue weighted by atomic mass is 32.1. The molecule has 1 N–H and O–H groups in total. The number of aliphatic hydroxyl groups excluding tert-OH is 1. The molecule has 0 aliphatic rings. The summed E-state index contributed by atoms with van der Waals surface area (Å²) in [7, 11) is 0.